The molecule has 0 spiro atoms. The Balaban J connectivity index is 0.00000109. The number of rotatable bonds is 5. The first-order chi connectivity index (χ1) is 13.8. The molecule has 0 fully saturated rings. The number of para-hydroxylation sites is 1. The zero-order chi connectivity index (χ0) is 19.9. The van der Waals surface area contributed by atoms with E-state index in [1.54, 1.807) is 0 Å². The number of nitrogens with one attached hydrogen (secondary N) is 2. The van der Waals surface area contributed by atoms with Gasteiger partial charge in [0, 0.05) is 35.8 Å². The number of anilines is 1. The molecule has 4 nitrogen and oxygen atoms in total. The Bertz CT molecular complexity index is 1090. The Morgan fingerprint density at radius 2 is 1.79 bits per heavy atom. The lowest BCUT2D eigenvalue weighted by molar-refractivity contribution is 0.866. The van der Waals surface area contributed by atoms with E-state index in [0.717, 1.165) is 52.2 Å². The molecule has 2 N–H and O–H groups in total. The van der Waals surface area contributed by atoms with E-state index in [2.05, 4.69) is 52.8 Å². The predicted octanol–water partition coefficient (Wildman–Crippen LogP) is 6.00. The first-order valence-electron chi connectivity index (χ1n) is 9.95. The van der Waals surface area contributed by atoms with Crippen molar-refractivity contribution in [3.05, 3.63) is 71.7 Å². The molecule has 0 unspecified atom stereocenters. The Kier molecular flexibility index (Phi) is 6.43. The highest BCUT2D eigenvalue weighted by Gasteiger charge is 2.10. The highest BCUT2D eigenvalue weighted by atomic mass is 14.9. The van der Waals surface area contributed by atoms with Crippen LogP contribution in [0.1, 0.15) is 37.9 Å². The number of H-pyrrole nitrogens is 1. The minimum Gasteiger partial charge on any atom is -0.388 e. The van der Waals surface area contributed by atoms with Crippen LogP contribution < -0.4 is 5.32 Å². The summed E-state index contributed by atoms with van der Waals surface area (Å²) in [6.07, 6.45) is 5.85. The molecule has 2 heterocycles. The van der Waals surface area contributed by atoms with Crippen LogP contribution in [0.5, 0.6) is 0 Å². The van der Waals surface area contributed by atoms with Gasteiger partial charge in [0.15, 0.2) is 0 Å². The SMILES string of the molecule is C/C=C\c1c(NC)ccc2[nH]c(CCc3ccc4ccccc4n3)nc12.CC. The van der Waals surface area contributed by atoms with Crippen molar-refractivity contribution in [2.24, 2.45) is 0 Å². The van der Waals surface area contributed by atoms with Crippen molar-refractivity contribution < 1.29 is 0 Å². The van der Waals surface area contributed by atoms with E-state index in [1.807, 2.05) is 46.0 Å². The van der Waals surface area contributed by atoms with Gasteiger partial charge in [-0.1, -0.05) is 50.3 Å². The van der Waals surface area contributed by atoms with Gasteiger partial charge in [-0.2, -0.15) is 0 Å². The van der Waals surface area contributed by atoms with E-state index in [-0.39, 0.29) is 0 Å². The van der Waals surface area contributed by atoms with Crippen LogP contribution in [0.4, 0.5) is 5.69 Å². The third-order valence-corrected chi connectivity index (χ3v) is 4.62. The minimum absolute atomic E-state index is 0.837. The fraction of sp³-hybridized carbons (Fsp3) is 0.250. The summed E-state index contributed by atoms with van der Waals surface area (Å²) in [5, 5.41) is 4.42. The number of nitrogens with zero attached hydrogens (tertiary/aromatic N) is 2. The van der Waals surface area contributed by atoms with Crippen LogP contribution in [0.25, 0.3) is 28.0 Å². The maximum Gasteiger partial charge on any atom is 0.107 e. The number of fused-ring (bicyclic) bond motifs is 2. The summed E-state index contributed by atoms with van der Waals surface area (Å²) in [4.78, 5) is 13.1. The van der Waals surface area contributed by atoms with Crippen molar-refractivity contribution in [1.82, 2.24) is 15.0 Å². The molecule has 144 valence electrons. The fourth-order valence-corrected chi connectivity index (χ4v) is 3.31. The summed E-state index contributed by atoms with van der Waals surface area (Å²) in [7, 11) is 1.94. The van der Waals surface area contributed by atoms with Gasteiger partial charge in [-0.3, -0.25) is 4.98 Å². The van der Waals surface area contributed by atoms with Crippen molar-refractivity contribution in [1.29, 1.82) is 0 Å². The van der Waals surface area contributed by atoms with E-state index in [4.69, 9.17) is 9.97 Å². The number of pyridine rings is 1. The summed E-state index contributed by atoms with van der Waals surface area (Å²) < 4.78 is 0. The second-order valence-electron chi connectivity index (χ2n) is 6.35. The Hall–Kier alpha value is -3.14. The third-order valence-electron chi connectivity index (χ3n) is 4.62. The van der Waals surface area contributed by atoms with E-state index in [0.29, 0.717) is 0 Å². The number of hydrogen-bond acceptors (Lipinski definition) is 3. The molecule has 0 bridgehead atoms. The molecule has 4 heteroatoms. The van der Waals surface area contributed by atoms with E-state index in [1.165, 1.54) is 5.39 Å². The van der Waals surface area contributed by atoms with Gasteiger partial charge in [0.05, 0.1) is 16.6 Å². The molecule has 0 radical (unpaired) electrons. The third kappa shape index (κ3) is 4.06. The highest BCUT2D eigenvalue weighted by molar-refractivity contribution is 5.91. The molecular weight excluding hydrogens is 344 g/mol. The molecule has 0 aliphatic heterocycles. The molecule has 0 saturated heterocycles. The second kappa shape index (κ2) is 9.18. The number of aromatic nitrogens is 3. The highest BCUT2D eigenvalue weighted by Crippen LogP contribution is 2.26. The van der Waals surface area contributed by atoms with Gasteiger partial charge in [0.2, 0.25) is 0 Å². The molecule has 0 amide bonds. The van der Waals surface area contributed by atoms with E-state index >= 15 is 0 Å². The number of benzene rings is 2. The molecule has 4 rings (SSSR count). The molecule has 4 aromatic rings. The zero-order valence-electron chi connectivity index (χ0n) is 17.1. The number of aromatic amines is 1. The van der Waals surface area contributed by atoms with Crippen molar-refractivity contribution in [3.63, 3.8) is 0 Å². The number of imidazole rings is 1. The fourth-order valence-electron chi connectivity index (χ4n) is 3.31. The van der Waals surface area contributed by atoms with Gasteiger partial charge < -0.3 is 10.3 Å². The average Bonchev–Trinajstić information content (AvgIpc) is 3.17. The van der Waals surface area contributed by atoms with Crippen LogP contribution in [0, 0.1) is 0 Å². The first-order valence-corrected chi connectivity index (χ1v) is 9.95. The summed E-state index contributed by atoms with van der Waals surface area (Å²) in [6.45, 7) is 6.03. The normalized spacial score (nSPS) is 11.0. The smallest absolute Gasteiger partial charge is 0.107 e. The second-order valence-corrected chi connectivity index (χ2v) is 6.35. The lowest BCUT2D eigenvalue weighted by Crippen LogP contribution is -1.96. The zero-order valence-corrected chi connectivity index (χ0v) is 17.1. The lowest BCUT2D eigenvalue weighted by atomic mass is 10.1. The summed E-state index contributed by atoms with van der Waals surface area (Å²) in [5.74, 6) is 0.994. The summed E-state index contributed by atoms with van der Waals surface area (Å²) in [6, 6.07) is 16.6. The van der Waals surface area contributed by atoms with Crippen LogP contribution in [-0.2, 0) is 12.8 Å². The van der Waals surface area contributed by atoms with E-state index < -0.39 is 0 Å². The van der Waals surface area contributed by atoms with Crippen molar-refractivity contribution >= 4 is 33.7 Å². The number of hydrogen-bond donors (Lipinski definition) is 2. The van der Waals surface area contributed by atoms with Crippen LogP contribution in [0.15, 0.2) is 54.6 Å². The standard InChI is InChI=1S/C22H22N4.C2H6/c1-3-6-17-19(23-2)12-13-20-22(17)26-21(25-20)14-11-16-10-9-15-7-4-5-8-18(15)24-16;1-2/h3-10,12-13,23H,11,14H2,1-2H3,(H,25,26);1-2H3/b6-3-;. The van der Waals surface area contributed by atoms with Gasteiger partial charge >= 0.3 is 0 Å². The average molecular weight is 373 g/mol. The quantitative estimate of drug-likeness (QED) is 0.452. The molecule has 28 heavy (non-hydrogen) atoms. The maximum absolute atomic E-state index is 4.84. The molecule has 2 aromatic heterocycles. The van der Waals surface area contributed by atoms with Gasteiger partial charge in [-0.15, -0.1) is 0 Å². The van der Waals surface area contributed by atoms with Gasteiger partial charge in [-0.05, 0) is 37.6 Å². The van der Waals surface area contributed by atoms with Crippen LogP contribution >= 0.6 is 0 Å². The first kappa shape index (κ1) is 19.6. The molecule has 0 aliphatic carbocycles. The molecule has 0 atom stereocenters. The van der Waals surface area contributed by atoms with Crippen LogP contribution in [0.3, 0.4) is 0 Å². The minimum atomic E-state index is 0.837. The van der Waals surface area contributed by atoms with Crippen molar-refractivity contribution in [2.75, 3.05) is 12.4 Å². The van der Waals surface area contributed by atoms with Crippen LogP contribution in [-0.4, -0.2) is 22.0 Å². The lowest BCUT2D eigenvalue weighted by Gasteiger charge is -2.05. The largest absolute Gasteiger partial charge is 0.388 e. The number of aryl methyl sites for hydroxylation is 2. The Morgan fingerprint density at radius 1 is 0.964 bits per heavy atom. The molecule has 2 aromatic carbocycles. The topological polar surface area (TPSA) is 53.6 Å². The molecule has 0 saturated carbocycles. The van der Waals surface area contributed by atoms with Crippen molar-refractivity contribution in [3.8, 4) is 0 Å². The Labute approximate surface area is 166 Å². The van der Waals surface area contributed by atoms with E-state index in [9.17, 15) is 0 Å². The van der Waals surface area contributed by atoms with Gasteiger partial charge in [0.25, 0.3) is 0 Å². The monoisotopic (exact) mass is 372 g/mol. The van der Waals surface area contributed by atoms with Gasteiger partial charge in [0.1, 0.15) is 5.82 Å². The molecular formula is C24H28N4. The van der Waals surface area contributed by atoms with Crippen molar-refractivity contribution in [2.45, 2.75) is 33.6 Å². The predicted molar refractivity (Wildman–Crippen MR) is 121 cm³/mol. The maximum atomic E-state index is 4.84. The summed E-state index contributed by atoms with van der Waals surface area (Å²) in [5.41, 5.74) is 6.43. The Morgan fingerprint density at radius 3 is 2.57 bits per heavy atom. The van der Waals surface area contributed by atoms with Crippen LogP contribution in [0.2, 0.25) is 0 Å². The molecule has 0 aliphatic rings. The number of allylic oxidation sites excluding steroid dienone is 1. The summed E-state index contributed by atoms with van der Waals surface area (Å²) >= 11 is 0. The van der Waals surface area contributed by atoms with Gasteiger partial charge in [-0.25, -0.2) is 4.98 Å².